The molecule has 0 fully saturated rings. The van der Waals surface area contributed by atoms with Crippen LogP contribution in [0.3, 0.4) is 0 Å². The molecule has 7 heteroatoms. The van der Waals surface area contributed by atoms with Gasteiger partial charge in [0, 0.05) is 12.2 Å². The molecule has 0 aliphatic carbocycles. The van der Waals surface area contributed by atoms with Crippen LogP contribution in [-0.4, -0.2) is 45.8 Å². The molecule has 0 aromatic carbocycles. The molecule has 2 N–H and O–H groups in total. The number of nitrogens with two attached hydrogens (primary N) is 1. The number of rotatable bonds is 6. The highest BCUT2D eigenvalue weighted by molar-refractivity contribution is 5.82. The van der Waals surface area contributed by atoms with Gasteiger partial charge in [-0.1, -0.05) is 0 Å². The number of carbonyl (C=O) groups excluding carboxylic acids is 2. The van der Waals surface area contributed by atoms with Gasteiger partial charge in [-0.15, -0.1) is 0 Å². The molecule has 0 aliphatic rings. The van der Waals surface area contributed by atoms with E-state index >= 15 is 0 Å². The Balaban J connectivity index is 2.65. The van der Waals surface area contributed by atoms with Crippen LogP contribution in [0.2, 0.25) is 0 Å². The number of esters is 1. The lowest BCUT2D eigenvalue weighted by atomic mass is 10.3. The summed E-state index contributed by atoms with van der Waals surface area (Å²) >= 11 is 0. The molecule has 0 bridgehead atoms. The number of amides is 1. The van der Waals surface area contributed by atoms with E-state index in [2.05, 4.69) is 5.10 Å². The Morgan fingerprint density at radius 2 is 2.21 bits per heavy atom. The van der Waals surface area contributed by atoms with Gasteiger partial charge in [0.1, 0.15) is 18.9 Å². The fourth-order valence-electron chi connectivity index (χ4n) is 1.60. The molecule has 0 saturated heterocycles. The van der Waals surface area contributed by atoms with Crippen LogP contribution in [0.4, 0.5) is 5.82 Å². The molecule has 1 aromatic rings. The van der Waals surface area contributed by atoms with Crippen LogP contribution in [0.15, 0.2) is 12.3 Å². The van der Waals surface area contributed by atoms with E-state index in [9.17, 15) is 9.59 Å². The number of anilines is 1. The number of nitrogen functional groups attached to an aromatic ring is 1. The summed E-state index contributed by atoms with van der Waals surface area (Å²) in [6.45, 7) is 5.71. The zero-order chi connectivity index (χ0) is 14.4. The minimum atomic E-state index is -0.412. The predicted molar refractivity (Wildman–Crippen MR) is 70.1 cm³/mol. The van der Waals surface area contributed by atoms with Gasteiger partial charge in [0.2, 0.25) is 5.91 Å². The number of hydrogen-bond donors (Lipinski definition) is 1. The summed E-state index contributed by atoms with van der Waals surface area (Å²) in [6.07, 6.45) is 1.62. The van der Waals surface area contributed by atoms with E-state index in [1.807, 2.05) is 13.8 Å². The van der Waals surface area contributed by atoms with Crippen molar-refractivity contribution in [3.05, 3.63) is 12.3 Å². The Morgan fingerprint density at radius 3 is 2.68 bits per heavy atom. The van der Waals surface area contributed by atoms with E-state index in [1.54, 1.807) is 19.2 Å². The predicted octanol–water partition coefficient (Wildman–Crippen LogP) is 0.265. The number of aromatic nitrogens is 2. The lowest BCUT2D eigenvalue weighted by Crippen LogP contribution is -2.43. The normalized spacial score (nSPS) is 10.5. The molecule has 0 atom stereocenters. The van der Waals surface area contributed by atoms with Crippen LogP contribution >= 0.6 is 0 Å². The third-order valence-electron chi connectivity index (χ3n) is 2.51. The molecule has 7 nitrogen and oxygen atoms in total. The van der Waals surface area contributed by atoms with Crippen molar-refractivity contribution < 1.29 is 14.3 Å². The Bertz CT molecular complexity index is 442. The summed E-state index contributed by atoms with van der Waals surface area (Å²) in [5.41, 5.74) is 5.48. The van der Waals surface area contributed by atoms with E-state index in [0.717, 1.165) is 0 Å². The van der Waals surface area contributed by atoms with Gasteiger partial charge in [-0.3, -0.25) is 14.3 Å². The van der Waals surface area contributed by atoms with Gasteiger partial charge in [-0.05, 0) is 26.8 Å². The minimum absolute atomic E-state index is 0.0504. The van der Waals surface area contributed by atoms with Crippen LogP contribution in [0.1, 0.15) is 20.8 Å². The number of carbonyl (C=O) groups is 2. The highest BCUT2D eigenvalue weighted by atomic mass is 16.5. The minimum Gasteiger partial charge on any atom is -0.465 e. The van der Waals surface area contributed by atoms with Gasteiger partial charge in [-0.25, -0.2) is 0 Å². The average molecular weight is 268 g/mol. The maximum Gasteiger partial charge on any atom is 0.325 e. The highest BCUT2D eigenvalue weighted by Gasteiger charge is 2.21. The fraction of sp³-hybridized carbons (Fsp3) is 0.583. The Hall–Kier alpha value is -2.05. The van der Waals surface area contributed by atoms with E-state index < -0.39 is 5.97 Å². The molecule has 0 aliphatic heterocycles. The van der Waals surface area contributed by atoms with Gasteiger partial charge in [0.25, 0.3) is 0 Å². The first-order valence-corrected chi connectivity index (χ1v) is 6.18. The van der Waals surface area contributed by atoms with Crippen molar-refractivity contribution in [2.24, 2.45) is 0 Å². The standard InChI is InChI=1S/C12H20N4O3/c1-4-19-12(18)8-16(9(2)3)11(17)7-15-6-5-10(13)14-15/h5-6,9H,4,7-8H2,1-3H3,(H2,13,14). The SMILES string of the molecule is CCOC(=O)CN(C(=O)Cn1ccc(N)n1)C(C)C. The van der Waals surface area contributed by atoms with Crippen molar-refractivity contribution in [1.82, 2.24) is 14.7 Å². The molecule has 1 amide bonds. The summed E-state index contributed by atoms with van der Waals surface area (Å²) in [7, 11) is 0. The van der Waals surface area contributed by atoms with Crippen molar-refractivity contribution in [3.63, 3.8) is 0 Å². The van der Waals surface area contributed by atoms with Crippen molar-refractivity contribution >= 4 is 17.7 Å². The Labute approximate surface area is 112 Å². The second kappa shape index (κ2) is 6.77. The Kier molecular flexibility index (Phi) is 5.35. The lowest BCUT2D eigenvalue weighted by molar-refractivity contribution is -0.150. The molecular formula is C12H20N4O3. The third-order valence-corrected chi connectivity index (χ3v) is 2.51. The zero-order valence-electron chi connectivity index (χ0n) is 11.5. The van der Waals surface area contributed by atoms with Gasteiger partial charge in [0.05, 0.1) is 6.61 Å². The maximum atomic E-state index is 12.1. The number of hydrogen-bond acceptors (Lipinski definition) is 5. The second-order valence-electron chi connectivity index (χ2n) is 4.36. The molecule has 106 valence electrons. The molecular weight excluding hydrogens is 248 g/mol. The summed E-state index contributed by atoms with van der Waals surface area (Å²) in [4.78, 5) is 25.0. The molecule has 1 heterocycles. The molecule has 0 unspecified atom stereocenters. The van der Waals surface area contributed by atoms with Crippen LogP contribution < -0.4 is 5.73 Å². The lowest BCUT2D eigenvalue weighted by Gasteiger charge is -2.25. The van der Waals surface area contributed by atoms with Gasteiger partial charge in [-0.2, -0.15) is 5.10 Å². The summed E-state index contributed by atoms with van der Waals surface area (Å²) in [5, 5.41) is 3.94. The molecule has 1 rings (SSSR count). The van der Waals surface area contributed by atoms with Crippen molar-refractivity contribution in [3.8, 4) is 0 Å². The van der Waals surface area contributed by atoms with E-state index in [-0.39, 0.29) is 25.0 Å². The molecule has 0 spiro atoms. The van der Waals surface area contributed by atoms with Crippen molar-refractivity contribution in [1.29, 1.82) is 0 Å². The van der Waals surface area contributed by atoms with Crippen molar-refractivity contribution in [2.75, 3.05) is 18.9 Å². The largest absolute Gasteiger partial charge is 0.465 e. The van der Waals surface area contributed by atoms with Gasteiger partial charge >= 0.3 is 5.97 Å². The highest BCUT2D eigenvalue weighted by Crippen LogP contribution is 2.03. The number of ether oxygens (including phenoxy) is 1. The smallest absolute Gasteiger partial charge is 0.325 e. The van der Waals surface area contributed by atoms with E-state index in [4.69, 9.17) is 10.5 Å². The first-order chi connectivity index (χ1) is 8.93. The van der Waals surface area contributed by atoms with Gasteiger partial charge in [0.15, 0.2) is 0 Å². The van der Waals surface area contributed by atoms with Crippen LogP contribution in [0.5, 0.6) is 0 Å². The maximum absolute atomic E-state index is 12.1. The summed E-state index contributed by atoms with van der Waals surface area (Å²) in [6, 6.07) is 1.52. The molecule has 19 heavy (non-hydrogen) atoms. The Morgan fingerprint density at radius 1 is 1.53 bits per heavy atom. The number of nitrogens with zero attached hydrogens (tertiary/aromatic N) is 3. The topological polar surface area (TPSA) is 90.5 Å². The third kappa shape index (κ3) is 4.61. The first-order valence-electron chi connectivity index (χ1n) is 6.18. The quantitative estimate of drug-likeness (QED) is 0.748. The zero-order valence-corrected chi connectivity index (χ0v) is 11.5. The van der Waals surface area contributed by atoms with Crippen LogP contribution in [0, 0.1) is 0 Å². The van der Waals surface area contributed by atoms with E-state index in [0.29, 0.717) is 12.4 Å². The van der Waals surface area contributed by atoms with Crippen molar-refractivity contribution in [2.45, 2.75) is 33.4 Å². The molecule has 1 aromatic heterocycles. The first kappa shape index (κ1) is 15.0. The summed E-state index contributed by atoms with van der Waals surface area (Å²) < 4.78 is 6.29. The van der Waals surface area contributed by atoms with Gasteiger partial charge < -0.3 is 15.4 Å². The molecule has 0 radical (unpaired) electrons. The second-order valence-corrected chi connectivity index (χ2v) is 4.36. The van der Waals surface area contributed by atoms with E-state index in [1.165, 1.54) is 9.58 Å². The molecule has 0 saturated carbocycles. The van der Waals surface area contributed by atoms with Crippen LogP contribution in [0.25, 0.3) is 0 Å². The average Bonchev–Trinajstić information content (AvgIpc) is 2.71. The fourth-order valence-corrected chi connectivity index (χ4v) is 1.60. The monoisotopic (exact) mass is 268 g/mol. The van der Waals surface area contributed by atoms with Crippen LogP contribution in [-0.2, 0) is 20.9 Å². The summed E-state index contributed by atoms with van der Waals surface area (Å²) in [5.74, 6) is -0.259.